The van der Waals surface area contributed by atoms with Gasteiger partial charge in [0.1, 0.15) is 0 Å². The second-order valence-electron chi connectivity index (χ2n) is 6.19. The van der Waals surface area contributed by atoms with Crippen LogP contribution in [0.15, 0.2) is 12.5 Å². The van der Waals surface area contributed by atoms with E-state index in [1.165, 1.54) is 32.1 Å². The van der Waals surface area contributed by atoms with Crippen LogP contribution >= 0.6 is 0 Å². The van der Waals surface area contributed by atoms with E-state index in [1.807, 2.05) is 26.4 Å². The normalized spacial score (nSPS) is 19.8. The Balaban J connectivity index is 2.21. The number of rotatable bonds is 4. The SMILES string of the molecule is CCC1(Cn2cncc2C(C)(C)N)CCCC1. The van der Waals surface area contributed by atoms with Gasteiger partial charge in [0.25, 0.3) is 0 Å². The lowest BCUT2D eigenvalue weighted by Gasteiger charge is -2.30. The number of imidazole rings is 1. The largest absolute Gasteiger partial charge is 0.332 e. The third-order valence-corrected chi connectivity index (χ3v) is 4.29. The topological polar surface area (TPSA) is 43.8 Å². The standard InChI is InChI=1S/C14H25N3/c1-4-14(7-5-6-8-14)10-17-11-16-9-12(17)13(2,3)15/h9,11H,4-8,10,15H2,1-3H3. The molecule has 1 aromatic heterocycles. The van der Waals surface area contributed by atoms with Gasteiger partial charge < -0.3 is 10.3 Å². The van der Waals surface area contributed by atoms with Gasteiger partial charge in [-0.3, -0.25) is 0 Å². The zero-order valence-electron chi connectivity index (χ0n) is 11.4. The Hall–Kier alpha value is -0.830. The summed E-state index contributed by atoms with van der Waals surface area (Å²) >= 11 is 0. The van der Waals surface area contributed by atoms with Crippen molar-refractivity contribution in [3.63, 3.8) is 0 Å². The molecule has 2 rings (SSSR count). The van der Waals surface area contributed by atoms with Crippen LogP contribution in [0.4, 0.5) is 0 Å². The third-order valence-electron chi connectivity index (χ3n) is 4.29. The van der Waals surface area contributed by atoms with Gasteiger partial charge in [0.15, 0.2) is 0 Å². The third kappa shape index (κ3) is 2.54. The maximum Gasteiger partial charge on any atom is 0.0948 e. The Morgan fingerprint density at radius 1 is 1.41 bits per heavy atom. The molecule has 0 radical (unpaired) electrons. The lowest BCUT2D eigenvalue weighted by atomic mass is 9.83. The van der Waals surface area contributed by atoms with Crippen LogP contribution in [0, 0.1) is 5.41 Å². The molecule has 3 heteroatoms. The van der Waals surface area contributed by atoms with Gasteiger partial charge in [-0.25, -0.2) is 4.98 Å². The molecule has 1 heterocycles. The summed E-state index contributed by atoms with van der Waals surface area (Å²) in [5.74, 6) is 0. The summed E-state index contributed by atoms with van der Waals surface area (Å²) in [4.78, 5) is 4.28. The predicted molar refractivity (Wildman–Crippen MR) is 70.6 cm³/mol. The molecule has 0 amide bonds. The predicted octanol–water partition coefficient (Wildman–Crippen LogP) is 3.05. The summed E-state index contributed by atoms with van der Waals surface area (Å²) in [6.07, 6.45) is 10.6. The molecule has 0 atom stereocenters. The highest BCUT2D eigenvalue weighted by atomic mass is 15.1. The zero-order chi connectivity index (χ0) is 12.5. The first kappa shape index (κ1) is 12.6. The van der Waals surface area contributed by atoms with Crippen molar-refractivity contribution in [3.8, 4) is 0 Å². The second-order valence-corrected chi connectivity index (χ2v) is 6.19. The first-order valence-corrected chi connectivity index (χ1v) is 6.76. The Bertz CT molecular complexity index is 367. The molecule has 0 saturated heterocycles. The highest BCUT2D eigenvalue weighted by molar-refractivity contribution is 5.10. The van der Waals surface area contributed by atoms with Gasteiger partial charge >= 0.3 is 0 Å². The lowest BCUT2D eigenvalue weighted by Crippen LogP contribution is -2.33. The molecule has 0 unspecified atom stereocenters. The molecule has 1 fully saturated rings. The van der Waals surface area contributed by atoms with Crippen molar-refractivity contribution in [1.82, 2.24) is 9.55 Å². The second kappa shape index (κ2) is 4.45. The van der Waals surface area contributed by atoms with Crippen molar-refractivity contribution in [2.45, 2.75) is 65.0 Å². The van der Waals surface area contributed by atoms with E-state index in [4.69, 9.17) is 5.73 Å². The van der Waals surface area contributed by atoms with Gasteiger partial charge in [-0.05, 0) is 38.5 Å². The van der Waals surface area contributed by atoms with Gasteiger partial charge in [-0.15, -0.1) is 0 Å². The highest BCUT2D eigenvalue weighted by Crippen LogP contribution is 2.42. The van der Waals surface area contributed by atoms with Crippen molar-refractivity contribution in [2.75, 3.05) is 0 Å². The van der Waals surface area contributed by atoms with Crippen LogP contribution in [-0.4, -0.2) is 9.55 Å². The Labute approximate surface area is 104 Å². The van der Waals surface area contributed by atoms with Crippen molar-refractivity contribution in [2.24, 2.45) is 11.1 Å². The molecule has 0 spiro atoms. The molecule has 17 heavy (non-hydrogen) atoms. The number of hydrogen-bond donors (Lipinski definition) is 1. The number of nitrogens with two attached hydrogens (primary N) is 1. The lowest BCUT2D eigenvalue weighted by molar-refractivity contribution is 0.230. The van der Waals surface area contributed by atoms with Gasteiger partial charge in [-0.1, -0.05) is 19.8 Å². The van der Waals surface area contributed by atoms with Crippen molar-refractivity contribution in [1.29, 1.82) is 0 Å². The Kier molecular flexibility index (Phi) is 3.30. The molecule has 1 aromatic rings. The van der Waals surface area contributed by atoms with Crippen molar-refractivity contribution >= 4 is 0 Å². The molecule has 1 aliphatic carbocycles. The van der Waals surface area contributed by atoms with Gasteiger partial charge in [0.05, 0.1) is 17.6 Å². The average molecular weight is 235 g/mol. The molecule has 0 aromatic carbocycles. The zero-order valence-corrected chi connectivity index (χ0v) is 11.4. The summed E-state index contributed by atoms with van der Waals surface area (Å²) in [6.45, 7) is 7.50. The average Bonchev–Trinajstić information content (AvgIpc) is 2.87. The molecule has 1 saturated carbocycles. The summed E-state index contributed by atoms with van der Waals surface area (Å²) in [7, 11) is 0. The summed E-state index contributed by atoms with van der Waals surface area (Å²) in [6, 6.07) is 0. The van der Waals surface area contributed by atoms with Crippen LogP contribution in [0.3, 0.4) is 0 Å². The fourth-order valence-corrected chi connectivity index (χ4v) is 3.09. The van der Waals surface area contributed by atoms with Gasteiger partial charge in [-0.2, -0.15) is 0 Å². The minimum Gasteiger partial charge on any atom is -0.332 e. The fourth-order valence-electron chi connectivity index (χ4n) is 3.09. The smallest absolute Gasteiger partial charge is 0.0948 e. The van der Waals surface area contributed by atoms with Crippen LogP contribution in [-0.2, 0) is 12.1 Å². The Morgan fingerprint density at radius 2 is 2.06 bits per heavy atom. The van der Waals surface area contributed by atoms with E-state index in [9.17, 15) is 0 Å². The van der Waals surface area contributed by atoms with Crippen molar-refractivity contribution in [3.05, 3.63) is 18.2 Å². The fraction of sp³-hybridized carbons (Fsp3) is 0.786. The van der Waals surface area contributed by atoms with Crippen LogP contribution in [0.2, 0.25) is 0 Å². The molecule has 3 nitrogen and oxygen atoms in total. The van der Waals surface area contributed by atoms with Crippen molar-refractivity contribution < 1.29 is 0 Å². The summed E-state index contributed by atoms with van der Waals surface area (Å²) in [5.41, 5.74) is 7.54. The van der Waals surface area contributed by atoms with Crippen LogP contribution in [0.1, 0.15) is 58.6 Å². The maximum absolute atomic E-state index is 6.20. The van der Waals surface area contributed by atoms with Crippen LogP contribution < -0.4 is 5.73 Å². The van der Waals surface area contributed by atoms with Gasteiger partial charge in [0, 0.05) is 12.7 Å². The van der Waals surface area contributed by atoms with Crippen LogP contribution in [0.25, 0.3) is 0 Å². The highest BCUT2D eigenvalue weighted by Gasteiger charge is 2.33. The van der Waals surface area contributed by atoms with E-state index >= 15 is 0 Å². The minimum absolute atomic E-state index is 0.302. The van der Waals surface area contributed by atoms with E-state index in [0.29, 0.717) is 5.41 Å². The minimum atomic E-state index is -0.302. The number of nitrogens with zero attached hydrogens (tertiary/aromatic N) is 2. The van der Waals surface area contributed by atoms with E-state index < -0.39 is 0 Å². The van der Waals surface area contributed by atoms with Crippen LogP contribution in [0.5, 0.6) is 0 Å². The molecular formula is C14H25N3. The first-order chi connectivity index (χ1) is 7.97. The maximum atomic E-state index is 6.20. The van der Waals surface area contributed by atoms with E-state index in [1.54, 1.807) is 0 Å². The van der Waals surface area contributed by atoms with E-state index in [2.05, 4.69) is 16.5 Å². The molecule has 0 bridgehead atoms. The molecule has 2 N–H and O–H groups in total. The first-order valence-electron chi connectivity index (χ1n) is 6.76. The monoisotopic (exact) mass is 235 g/mol. The Morgan fingerprint density at radius 3 is 2.59 bits per heavy atom. The number of aromatic nitrogens is 2. The van der Waals surface area contributed by atoms with Gasteiger partial charge in [0.2, 0.25) is 0 Å². The molecular weight excluding hydrogens is 210 g/mol. The molecule has 96 valence electrons. The molecule has 1 aliphatic rings. The number of hydrogen-bond acceptors (Lipinski definition) is 2. The summed E-state index contributed by atoms with van der Waals surface area (Å²) in [5, 5.41) is 0. The molecule has 0 aliphatic heterocycles. The van der Waals surface area contributed by atoms with E-state index in [0.717, 1.165) is 12.2 Å². The summed E-state index contributed by atoms with van der Waals surface area (Å²) < 4.78 is 2.27. The van der Waals surface area contributed by atoms with E-state index in [-0.39, 0.29) is 5.54 Å². The quantitative estimate of drug-likeness (QED) is 0.871.